The molecule has 0 unspecified atom stereocenters. The van der Waals surface area contributed by atoms with Gasteiger partial charge >= 0.3 is 6.61 Å². The van der Waals surface area contributed by atoms with Crippen LogP contribution in [-0.2, 0) is 21.2 Å². The maximum atomic E-state index is 13.2. The molecule has 0 spiro atoms. The molecule has 1 aromatic carbocycles. The topological polar surface area (TPSA) is 88.6 Å². The summed E-state index contributed by atoms with van der Waals surface area (Å²) >= 11 is 5.80. The monoisotopic (exact) mass is 497 g/mol. The van der Waals surface area contributed by atoms with Crippen molar-refractivity contribution < 1.29 is 26.7 Å². The molecule has 11 heteroatoms. The van der Waals surface area contributed by atoms with Gasteiger partial charge in [0.1, 0.15) is 11.6 Å². The van der Waals surface area contributed by atoms with Crippen molar-refractivity contribution in [2.24, 2.45) is 5.92 Å². The second-order valence-corrected chi connectivity index (χ2v) is 10.3. The van der Waals surface area contributed by atoms with Gasteiger partial charge in [0.2, 0.25) is 15.9 Å². The number of aryl methyl sites for hydroxylation is 1. The summed E-state index contributed by atoms with van der Waals surface area (Å²) in [6, 6.07) is 7.73. The van der Waals surface area contributed by atoms with Crippen LogP contribution in [0, 0.1) is 5.92 Å². The Balaban J connectivity index is 1.39. The molecule has 0 atom stereocenters. The Bertz CT molecular complexity index is 1160. The molecule has 1 amide bonds. The van der Waals surface area contributed by atoms with Crippen molar-refractivity contribution in [1.82, 2.24) is 9.29 Å². The van der Waals surface area contributed by atoms with Crippen LogP contribution < -0.4 is 10.1 Å². The summed E-state index contributed by atoms with van der Waals surface area (Å²) in [6.07, 6.45) is 4.51. The Morgan fingerprint density at radius 2 is 1.94 bits per heavy atom. The number of nitrogens with zero attached hydrogens (tertiary/aromatic N) is 2. The number of nitrogens with one attached hydrogen (secondary N) is 1. The van der Waals surface area contributed by atoms with Crippen LogP contribution in [0.3, 0.4) is 0 Å². The summed E-state index contributed by atoms with van der Waals surface area (Å²) < 4.78 is 57.0. The smallest absolute Gasteiger partial charge is 0.387 e. The number of rotatable bonds is 6. The van der Waals surface area contributed by atoms with E-state index in [1.807, 2.05) is 0 Å². The standard InChI is InChI=1S/C22H22ClF2N3O4S/c23-17-3-6-20(26-13-17)27-21(29)14-7-9-28(10-8-14)33(30,31)19-5-2-15-11-18(32-22(24)25)4-1-16(15)12-19/h1,3-4,6,11-14,22H,2,5,7-10H2,(H,26,27,29). The van der Waals surface area contributed by atoms with Gasteiger partial charge in [-0.15, -0.1) is 0 Å². The first-order valence-electron chi connectivity index (χ1n) is 10.4. The second kappa shape index (κ2) is 9.74. The third-order valence-electron chi connectivity index (χ3n) is 5.77. The van der Waals surface area contributed by atoms with Crippen molar-refractivity contribution in [2.45, 2.75) is 32.3 Å². The number of aromatic nitrogens is 1. The highest BCUT2D eigenvalue weighted by molar-refractivity contribution is 7.93. The third kappa shape index (κ3) is 5.51. The van der Waals surface area contributed by atoms with Crippen molar-refractivity contribution in [1.29, 1.82) is 0 Å². The van der Waals surface area contributed by atoms with Gasteiger partial charge in [-0.3, -0.25) is 4.79 Å². The first-order valence-corrected chi connectivity index (χ1v) is 12.2. The number of alkyl halides is 2. The summed E-state index contributed by atoms with van der Waals surface area (Å²) in [5, 5.41) is 3.20. The molecule has 2 aromatic rings. The number of fused-ring (bicyclic) bond motifs is 1. The van der Waals surface area contributed by atoms with E-state index in [1.54, 1.807) is 24.3 Å². The number of sulfonamides is 1. The molecule has 1 saturated heterocycles. The van der Waals surface area contributed by atoms with Crippen molar-refractivity contribution in [3.8, 4) is 5.75 Å². The van der Waals surface area contributed by atoms with Gasteiger partial charge in [0.25, 0.3) is 0 Å². The SMILES string of the molecule is O=C(Nc1ccc(Cl)cn1)C1CCN(S(=O)(=O)C2=Cc3ccc(OC(F)F)cc3CC2)CC1. The van der Waals surface area contributed by atoms with E-state index in [2.05, 4.69) is 15.0 Å². The normalized spacial score (nSPS) is 17.4. The van der Waals surface area contributed by atoms with Gasteiger partial charge in [-0.2, -0.15) is 13.1 Å². The van der Waals surface area contributed by atoms with E-state index >= 15 is 0 Å². The number of carbonyl (C=O) groups is 1. The predicted molar refractivity (Wildman–Crippen MR) is 120 cm³/mol. The molecule has 2 aliphatic rings. The molecule has 176 valence electrons. The van der Waals surface area contributed by atoms with Gasteiger partial charge in [0.05, 0.1) is 9.93 Å². The summed E-state index contributed by atoms with van der Waals surface area (Å²) in [7, 11) is -3.69. The largest absolute Gasteiger partial charge is 0.435 e. The third-order valence-corrected chi connectivity index (χ3v) is 8.02. The van der Waals surface area contributed by atoms with E-state index in [1.165, 1.54) is 22.6 Å². The molecule has 0 radical (unpaired) electrons. The van der Waals surface area contributed by atoms with Crippen molar-refractivity contribution >= 4 is 39.4 Å². The number of allylic oxidation sites excluding steroid dienone is 1. The zero-order chi connectivity index (χ0) is 23.6. The second-order valence-electron chi connectivity index (χ2n) is 7.88. The number of carbonyl (C=O) groups excluding carboxylic acids is 1. The van der Waals surface area contributed by atoms with E-state index in [0.29, 0.717) is 35.7 Å². The Labute approximate surface area is 195 Å². The maximum Gasteiger partial charge on any atom is 0.387 e. The number of benzene rings is 1. The van der Waals surface area contributed by atoms with Gasteiger partial charge < -0.3 is 10.1 Å². The number of hydrogen-bond acceptors (Lipinski definition) is 5. The first kappa shape index (κ1) is 23.6. The molecular formula is C22H22ClF2N3O4S. The lowest BCUT2D eigenvalue weighted by Crippen LogP contribution is -2.42. The number of pyridine rings is 1. The van der Waals surface area contributed by atoms with Crippen LogP contribution in [0.2, 0.25) is 5.02 Å². The molecule has 4 rings (SSSR count). The minimum Gasteiger partial charge on any atom is -0.435 e. The molecule has 7 nitrogen and oxygen atoms in total. The number of amides is 1. The van der Waals surface area contributed by atoms with Gasteiger partial charge in [0, 0.05) is 25.2 Å². The van der Waals surface area contributed by atoms with Gasteiger partial charge in [-0.25, -0.2) is 13.4 Å². The van der Waals surface area contributed by atoms with Gasteiger partial charge in [-0.05, 0) is 67.2 Å². The molecule has 0 saturated carbocycles. The average Bonchev–Trinajstić information content (AvgIpc) is 2.80. The number of ether oxygens (including phenoxy) is 1. The molecule has 1 aromatic heterocycles. The lowest BCUT2D eigenvalue weighted by atomic mass is 9.97. The summed E-state index contributed by atoms with van der Waals surface area (Å²) in [5.74, 6) is -0.0667. The quantitative estimate of drug-likeness (QED) is 0.642. The molecule has 2 heterocycles. The maximum absolute atomic E-state index is 13.2. The van der Waals surface area contributed by atoms with Gasteiger partial charge in [0.15, 0.2) is 0 Å². The van der Waals surface area contributed by atoms with Crippen LogP contribution >= 0.6 is 11.6 Å². The Morgan fingerprint density at radius 1 is 1.18 bits per heavy atom. The van der Waals surface area contributed by atoms with Crippen LogP contribution in [0.25, 0.3) is 6.08 Å². The molecule has 1 aliphatic carbocycles. The summed E-state index contributed by atoms with van der Waals surface area (Å²) in [4.78, 5) is 16.8. The lowest BCUT2D eigenvalue weighted by Gasteiger charge is -2.32. The van der Waals surface area contributed by atoms with Gasteiger partial charge in [-0.1, -0.05) is 17.7 Å². The Kier molecular flexibility index (Phi) is 6.96. The van der Waals surface area contributed by atoms with Crippen LogP contribution in [0.15, 0.2) is 41.4 Å². The fraction of sp³-hybridized carbons (Fsp3) is 0.364. The highest BCUT2D eigenvalue weighted by Crippen LogP contribution is 2.33. The summed E-state index contributed by atoms with van der Waals surface area (Å²) in [6.45, 7) is -2.44. The number of halogens is 3. The van der Waals surface area contributed by atoms with E-state index in [9.17, 15) is 22.0 Å². The predicted octanol–water partition coefficient (Wildman–Crippen LogP) is 4.30. The molecule has 1 fully saturated rings. The van der Waals surface area contributed by atoms with Crippen molar-refractivity contribution in [2.75, 3.05) is 18.4 Å². The Morgan fingerprint density at radius 3 is 2.61 bits per heavy atom. The lowest BCUT2D eigenvalue weighted by molar-refractivity contribution is -0.120. The molecule has 33 heavy (non-hydrogen) atoms. The number of piperidine rings is 1. The Hall–Kier alpha value is -2.56. The highest BCUT2D eigenvalue weighted by Gasteiger charge is 2.34. The van der Waals surface area contributed by atoms with E-state index < -0.39 is 16.6 Å². The van der Waals surface area contributed by atoms with Crippen LogP contribution in [0.5, 0.6) is 5.75 Å². The zero-order valence-corrected chi connectivity index (χ0v) is 19.1. The summed E-state index contributed by atoms with van der Waals surface area (Å²) in [5.41, 5.74) is 1.43. The molecule has 1 aliphatic heterocycles. The average molecular weight is 498 g/mol. The van der Waals surface area contributed by atoms with Crippen molar-refractivity contribution in [3.63, 3.8) is 0 Å². The minimum absolute atomic E-state index is 0.0533. The number of hydrogen-bond donors (Lipinski definition) is 1. The fourth-order valence-corrected chi connectivity index (χ4v) is 5.80. The van der Waals surface area contributed by atoms with Crippen LogP contribution in [0.4, 0.5) is 14.6 Å². The zero-order valence-electron chi connectivity index (χ0n) is 17.5. The van der Waals surface area contributed by atoms with E-state index in [0.717, 1.165) is 5.56 Å². The number of anilines is 1. The molecular weight excluding hydrogens is 476 g/mol. The van der Waals surface area contributed by atoms with E-state index in [4.69, 9.17) is 11.6 Å². The minimum atomic E-state index is -3.69. The van der Waals surface area contributed by atoms with E-state index in [-0.39, 0.29) is 42.0 Å². The molecule has 1 N–H and O–H groups in total. The van der Waals surface area contributed by atoms with Crippen LogP contribution in [-0.4, -0.2) is 43.3 Å². The first-order chi connectivity index (χ1) is 15.7. The molecule has 0 bridgehead atoms. The van der Waals surface area contributed by atoms with Crippen molar-refractivity contribution in [3.05, 3.63) is 57.6 Å². The fourth-order valence-electron chi connectivity index (χ4n) is 4.02. The highest BCUT2D eigenvalue weighted by atomic mass is 35.5. The van der Waals surface area contributed by atoms with Crippen LogP contribution in [0.1, 0.15) is 30.4 Å².